The molecule has 1 saturated heterocycles. The van der Waals surface area contributed by atoms with Crippen LogP contribution in [-0.2, 0) is 25.7 Å². The monoisotopic (exact) mass is 528 g/mol. The van der Waals surface area contributed by atoms with Crippen LogP contribution in [0.2, 0.25) is 0 Å². The molecule has 1 aliphatic carbocycles. The van der Waals surface area contributed by atoms with E-state index in [0.717, 1.165) is 22.9 Å². The number of fused-ring (bicyclic) bond motifs is 1. The molecule has 202 valence electrons. The molecule has 3 N–H and O–H groups in total. The summed E-state index contributed by atoms with van der Waals surface area (Å²) in [5, 5.41) is 6.27. The summed E-state index contributed by atoms with van der Waals surface area (Å²) in [5.74, 6) is -2.72. The number of amides is 3. The molecule has 0 spiro atoms. The molecule has 2 heterocycles. The minimum atomic E-state index is -1.15. The lowest BCUT2D eigenvalue weighted by Crippen LogP contribution is -2.54. The van der Waals surface area contributed by atoms with E-state index in [1.54, 1.807) is 6.07 Å². The average Bonchev–Trinajstić information content (AvgIpc) is 3.71. The molecule has 9 heteroatoms. The molecule has 3 aromatic rings. The Morgan fingerprint density at radius 1 is 0.974 bits per heavy atom. The summed E-state index contributed by atoms with van der Waals surface area (Å²) in [6, 6.07) is 16.6. The molecule has 2 aliphatic rings. The van der Waals surface area contributed by atoms with Crippen molar-refractivity contribution in [2.45, 2.75) is 57.2 Å². The Bertz CT molecular complexity index is 1370. The number of rotatable bonds is 9. The lowest BCUT2D eigenvalue weighted by Gasteiger charge is -2.26. The van der Waals surface area contributed by atoms with Gasteiger partial charge in [0.05, 0.1) is 6.04 Å². The van der Waals surface area contributed by atoms with Crippen molar-refractivity contribution < 1.29 is 24.0 Å². The Balaban J connectivity index is 1.29. The zero-order valence-electron chi connectivity index (χ0n) is 21.7. The van der Waals surface area contributed by atoms with E-state index in [1.807, 2.05) is 54.6 Å². The van der Waals surface area contributed by atoms with Crippen molar-refractivity contribution in [1.29, 1.82) is 0 Å². The van der Waals surface area contributed by atoms with Gasteiger partial charge in [-0.3, -0.25) is 24.0 Å². The third kappa shape index (κ3) is 5.92. The molecule has 1 aromatic heterocycles. The van der Waals surface area contributed by atoms with Crippen LogP contribution in [0, 0.1) is 5.92 Å². The zero-order chi connectivity index (χ0) is 27.4. The van der Waals surface area contributed by atoms with Gasteiger partial charge >= 0.3 is 0 Å². The Kier molecular flexibility index (Phi) is 7.86. The highest BCUT2D eigenvalue weighted by Gasteiger charge is 2.39. The van der Waals surface area contributed by atoms with Crippen LogP contribution in [0.25, 0.3) is 10.9 Å². The highest BCUT2D eigenvalue weighted by atomic mass is 16.2. The number of hydrogen-bond acceptors (Lipinski definition) is 5. The number of carbonyl (C=O) groups is 5. The summed E-state index contributed by atoms with van der Waals surface area (Å²) < 4.78 is 0. The van der Waals surface area contributed by atoms with Gasteiger partial charge in [-0.05, 0) is 49.8 Å². The van der Waals surface area contributed by atoms with Crippen LogP contribution < -0.4 is 10.6 Å². The molecular formula is C30H32N4O5. The van der Waals surface area contributed by atoms with E-state index in [0.29, 0.717) is 37.9 Å². The number of likely N-dealkylation sites (tertiary alicyclic amines) is 1. The van der Waals surface area contributed by atoms with E-state index in [-0.39, 0.29) is 30.6 Å². The van der Waals surface area contributed by atoms with E-state index in [1.165, 1.54) is 4.90 Å². The van der Waals surface area contributed by atoms with E-state index in [9.17, 15) is 24.0 Å². The lowest BCUT2D eigenvalue weighted by molar-refractivity contribution is -0.141. The zero-order valence-corrected chi connectivity index (χ0v) is 21.7. The van der Waals surface area contributed by atoms with Crippen LogP contribution in [0.1, 0.15) is 54.6 Å². The fourth-order valence-corrected chi connectivity index (χ4v) is 5.57. The topological polar surface area (TPSA) is 128 Å². The smallest absolute Gasteiger partial charge is 0.289 e. The number of carbonyl (C=O) groups excluding carboxylic acids is 5. The predicted octanol–water partition coefficient (Wildman–Crippen LogP) is 2.90. The van der Waals surface area contributed by atoms with Crippen molar-refractivity contribution in [3.8, 4) is 0 Å². The number of aromatic nitrogens is 1. The van der Waals surface area contributed by atoms with E-state index in [2.05, 4.69) is 15.6 Å². The molecule has 0 radical (unpaired) electrons. The van der Waals surface area contributed by atoms with Crippen LogP contribution >= 0.6 is 0 Å². The molecule has 3 atom stereocenters. The fourth-order valence-electron chi connectivity index (χ4n) is 5.57. The second-order valence-electron chi connectivity index (χ2n) is 10.3. The first-order valence-corrected chi connectivity index (χ1v) is 13.5. The van der Waals surface area contributed by atoms with Crippen molar-refractivity contribution in [1.82, 2.24) is 20.5 Å². The van der Waals surface area contributed by atoms with Gasteiger partial charge in [0, 0.05) is 36.3 Å². The Morgan fingerprint density at radius 2 is 1.74 bits per heavy atom. The highest BCUT2D eigenvalue weighted by Crippen LogP contribution is 2.27. The standard InChI is InChI=1S/C30H32N4O5/c35-26-14-6-11-21(26)17-23(27(36)29(38)31-18-19-8-2-1-3-9-19)33-28(37)25-13-7-15-34(25)30(39)24-16-20-10-4-5-12-22(20)32-24/h1-5,8-10,12,16,21,23,25,32H,6-7,11,13-15,17-18H2,(H,31,38)(H,33,37)/t21-,23?,25-/m0/s1. The van der Waals surface area contributed by atoms with Gasteiger partial charge < -0.3 is 20.5 Å². The molecule has 1 saturated carbocycles. The maximum Gasteiger partial charge on any atom is 0.289 e. The number of nitrogens with one attached hydrogen (secondary N) is 3. The third-order valence-corrected chi connectivity index (χ3v) is 7.68. The fraction of sp³-hybridized carbons (Fsp3) is 0.367. The summed E-state index contributed by atoms with van der Waals surface area (Å²) in [6.45, 7) is 0.577. The minimum absolute atomic E-state index is 0.0447. The number of hydrogen-bond donors (Lipinski definition) is 3. The molecule has 5 rings (SSSR count). The van der Waals surface area contributed by atoms with Crippen molar-refractivity contribution >= 4 is 40.2 Å². The Morgan fingerprint density at radius 3 is 2.49 bits per heavy atom. The number of para-hydroxylation sites is 1. The molecule has 0 bridgehead atoms. The Hall–Kier alpha value is -4.27. The van der Waals surface area contributed by atoms with Gasteiger partial charge in [0.2, 0.25) is 11.7 Å². The van der Waals surface area contributed by atoms with Crippen molar-refractivity contribution in [3.05, 3.63) is 71.9 Å². The lowest BCUT2D eigenvalue weighted by atomic mass is 9.94. The number of Topliss-reactive ketones (excluding diaryl/α,β-unsaturated/α-hetero) is 2. The molecule has 1 unspecified atom stereocenters. The largest absolute Gasteiger partial charge is 0.351 e. The first-order chi connectivity index (χ1) is 18.9. The van der Waals surface area contributed by atoms with Gasteiger partial charge in [0.15, 0.2) is 0 Å². The van der Waals surface area contributed by atoms with Gasteiger partial charge in [-0.2, -0.15) is 0 Å². The van der Waals surface area contributed by atoms with Crippen LogP contribution in [0.15, 0.2) is 60.7 Å². The first-order valence-electron chi connectivity index (χ1n) is 13.5. The SMILES string of the molecule is O=C(NCc1ccccc1)C(=O)C(C[C@@H]1CCCC1=O)NC(=O)[C@@H]1CCCN1C(=O)c1cc2ccccc2[nH]1. The molecule has 2 fully saturated rings. The number of nitrogens with zero attached hydrogens (tertiary/aromatic N) is 1. The van der Waals surface area contributed by atoms with Crippen molar-refractivity contribution in [2.75, 3.05) is 6.54 Å². The second-order valence-corrected chi connectivity index (χ2v) is 10.3. The summed E-state index contributed by atoms with van der Waals surface area (Å²) in [6.07, 6.45) is 2.95. The molecule has 3 amide bonds. The molecule has 9 nitrogen and oxygen atoms in total. The van der Waals surface area contributed by atoms with Gasteiger partial charge in [-0.1, -0.05) is 48.5 Å². The predicted molar refractivity (Wildman–Crippen MR) is 145 cm³/mol. The maximum absolute atomic E-state index is 13.5. The summed E-state index contributed by atoms with van der Waals surface area (Å²) >= 11 is 0. The molecular weight excluding hydrogens is 496 g/mol. The molecule has 1 aliphatic heterocycles. The summed E-state index contributed by atoms with van der Waals surface area (Å²) in [7, 11) is 0. The van der Waals surface area contributed by atoms with Gasteiger partial charge in [-0.15, -0.1) is 0 Å². The van der Waals surface area contributed by atoms with Gasteiger partial charge in [-0.25, -0.2) is 0 Å². The first kappa shape index (κ1) is 26.3. The quantitative estimate of drug-likeness (QED) is 0.368. The van der Waals surface area contributed by atoms with Crippen molar-refractivity contribution in [2.24, 2.45) is 5.92 Å². The van der Waals surface area contributed by atoms with Crippen LogP contribution in [0.5, 0.6) is 0 Å². The Labute approximate surface area is 226 Å². The second kappa shape index (κ2) is 11.6. The third-order valence-electron chi connectivity index (χ3n) is 7.68. The highest BCUT2D eigenvalue weighted by molar-refractivity contribution is 6.38. The number of ketones is 2. The van der Waals surface area contributed by atoms with Crippen LogP contribution in [0.3, 0.4) is 0 Å². The van der Waals surface area contributed by atoms with E-state index < -0.39 is 29.7 Å². The van der Waals surface area contributed by atoms with Crippen LogP contribution in [0.4, 0.5) is 0 Å². The summed E-state index contributed by atoms with van der Waals surface area (Å²) in [4.78, 5) is 69.8. The minimum Gasteiger partial charge on any atom is -0.351 e. The van der Waals surface area contributed by atoms with E-state index in [4.69, 9.17) is 0 Å². The van der Waals surface area contributed by atoms with Crippen LogP contribution in [-0.4, -0.2) is 57.8 Å². The number of benzene rings is 2. The maximum atomic E-state index is 13.5. The summed E-state index contributed by atoms with van der Waals surface area (Å²) in [5.41, 5.74) is 2.05. The van der Waals surface area contributed by atoms with E-state index >= 15 is 0 Å². The van der Waals surface area contributed by atoms with Crippen molar-refractivity contribution in [3.63, 3.8) is 0 Å². The number of aromatic amines is 1. The number of H-pyrrole nitrogens is 1. The molecule has 2 aromatic carbocycles. The molecule has 39 heavy (non-hydrogen) atoms. The normalized spacial score (nSPS) is 19.7. The average molecular weight is 529 g/mol. The van der Waals surface area contributed by atoms with Gasteiger partial charge in [0.25, 0.3) is 11.8 Å². The van der Waals surface area contributed by atoms with Gasteiger partial charge in [0.1, 0.15) is 17.5 Å².